The van der Waals surface area contributed by atoms with Crippen molar-refractivity contribution < 1.29 is 9.90 Å². The summed E-state index contributed by atoms with van der Waals surface area (Å²) in [5, 5.41) is 8.57. The van der Waals surface area contributed by atoms with Gasteiger partial charge in [0.2, 0.25) is 0 Å². The zero-order chi connectivity index (χ0) is 15.6. The number of carboxylic acids is 1. The summed E-state index contributed by atoms with van der Waals surface area (Å²) in [5.74, 6) is -0.799. The van der Waals surface area contributed by atoms with Crippen molar-refractivity contribution in [3.63, 3.8) is 0 Å². The van der Waals surface area contributed by atoms with Gasteiger partial charge < -0.3 is 9.67 Å². The van der Waals surface area contributed by atoms with Crippen molar-refractivity contribution in [1.29, 1.82) is 0 Å². The smallest absolute Gasteiger partial charge is 0.332 e. The van der Waals surface area contributed by atoms with Crippen LogP contribution in [-0.2, 0) is 25.4 Å². The average Bonchev–Trinajstić information content (AvgIpc) is 2.86. The molecule has 0 aromatic carbocycles. The number of hydrogen-bond donors (Lipinski definition) is 1. The highest BCUT2D eigenvalue weighted by Gasteiger charge is 2.13. The lowest BCUT2D eigenvalue weighted by Crippen LogP contribution is -2.37. The van der Waals surface area contributed by atoms with E-state index in [-0.39, 0.29) is 12.0 Å². The molecule has 21 heavy (non-hydrogen) atoms. The van der Waals surface area contributed by atoms with Crippen LogP contribution >= 0.6 is 0 Å². The SMILES string of the molecule is Cn1c(=O)c2c(ncn2CCCCCC(=O)O)n(C)c1=O. The molecule has 8 heteroatoms. The van der Waals surface area contributed by atoms with Gasteiger partial charge in [0, 0.05) is 27.1 Å². The molecule has 2 heterocycles. The van der Waals surface area contributed by atoms with Crippen LogP contribution in [0, 0.1) is 0 Å². The number of unbranched alkanes of at least 4 members (excludes halogenated alkanes) is 2. The van der Waals surface area contributed by atoms with Gasteiger partial charge in [-0.1, -0.05) is 6.42 Å². The Morgan fingerprint density at radius 3 is 2.57 bits per heavy atom. The van der Waals surface area contributed by atoms with Gasteiger partial charge in [0.05, 0.1) is 6.33 Å². The van der Waals surface area contributed by atoms with Crippen LogP contribution in [0.25, 0.3) is 11.2 Å². The number of fused-ring (bicyclic) bond motifs is 1. The third-order valence-electron chi connectivity index (χ3n) is 3.51. The van der Waals surface area contributed by atoms with Gasteiger partial charge in [-0.05, 0) is 12.8 Å². The fourth-order valence-electron chi connectivity index (χ4n) is 2.30. The summed E-state index contributed by atoms with van der Waals surface area (Å²) in [5.41, 5.74) is 0.00168. The van der Waals surface area contributed by atoms with Crippen LogP contribution in [0.15, 0.2) is 15.9 Å². The molecule has 0 atom stereocenters. The Kier molecular flexibility index (Phi) is 4.25. The first kappa shape index (κ1) is 15.0. The maximum Gasteiger partial charge on any atom is 0.332 e. The fourth-order valence-corrected chi connectivity index (χ4v) is 2.30. The molecule has 2 rings (SSSR count). The summed E-state index contributed by atoms with van der Waals surface area (Å²) in [4.78, 5) is 38.5. The molecule has 0 fully saturated rings. The van der Waals surface area contributed by atoms with Crippen molar-refractivity contribution in [2.45, 2.75) is 32.2 Å². The molecule has 2 aromatic rings. The van der Waals surface area contributed by atoms with Gasteiger partial charge >= 0.3 is 11.7 Å². The standard InChI is InChI=1S/C13H18N4O4/c1-15-11-10(12(20)16(2)13(15)21)17(8-14-11)7-5-3-4-6-9(18)19/h8H,3-7H2,1-2H3,(H,18,19). The summed E-state index contributed by atoms with van der Waals surface area (Å²) in [6, 6.07) is 0. The van der Waals surface area contributed by atoms with E-state index in [0.29, 0.717) is 24.1 Å². The number of aliphatic carboxylic acids is 1. The predicted molar refractivity (Wildman–Crippen MR) is 76.3 cm³/mol. The van der Waals surface area contributed by atoms with Crippen LogP contribution < -0.4 is 11.2 Å². The highest BCUT2D eigenvalue weighted by atomic mass is 16.4. The third kappa shape index (κ3) is 2.88. The van der Waals surface area contributed by atoms with Crippen molar-refractivity contribution in [2.24, 2.45) is 14.1 Å². The van der Waals surface area contributed by atoms with Crippen LogP contribution in [-0.4, -0.2) is 29.8 Å². The lowest BCUT2D eigenvalue weighted by atomic mass is 10.2. The van der Waals surface area contributed by atoms with Crippen molar-refractivity contribution in [3.8, 4) is 0 Å². The quantitative estimate of drug-likeness (QED) is 0.761. The van der Waals surface area contributed by atoms with E-state index >= 15 is 0 Å². The molecule has 0 aliphatic carbocycles. The fraction of sp³-hybridized carbons (Fsp3) is 0.538. The Bertz CT molecular complexity index is 784. The average molecular weight is 294 g/mol. The second-order valence-electron chi connectivity index (χ2n) is 5.02. The number of aryl methyl sites for hydroxylation is 2. The summed E-state index contributed by atoms with van der Waals surface area (Å²) < 4.78 is 4.13. The molecule has 0 amide bonds. The second kappa shape index (κ2) is 5.94. The number of carboxylic acid groups (broad SMARTS) is 1. The predicted octanol–water partition coefficient (Wildman–Crippen LogP) is 0.0787. The van der Waals surface area contributed by atoms with Gasteiger partial charge in [-0.2, -0.15) is 0 Å². The summed E-state index contributed by atoms with van der Waals surface area (Å²) >= 11 is 0. The van der Waals surface area contributed by atoms with E-state index in [2.05, 4.69) is 4.98 Å². The van der Waals surface area contributed by atoms with Crippen LogP contribution in [0.5, 0.6) is 0 Å². The zero-order valence-corrected chi connectivity index (χ0v) is 12.1. The van der Waals surface area contributed by atoms with E-state index in [1.807, 2.05) is 0 Å². The van der Waals surface area contributed by atoms with E-state index in [4.69, 9.17) is 5.11 Å². The Labute approximate surface area is 120 Å². The Hall–Kier alpha value is -2.38. The number of nitrogens with zero attached hydrogens (tertiary/aromatic N) is 4. The Morgan fingerprint density at radius 1 is 1.19 bits per heavy atom. The maximum absolute atomic E-state index is 12.2. The number of carbonyl (C=O) groups is 1. The molecule has 0 bridgehead atoms. The van der Waals surface area contributed by atoms with E-state index in [1.54, 1.807) is 17.9 Å². The van der Waals surface area contributed by atoms with Crippen LogP contribution in [0.1, 0.15) is 25.7 Å². The van der Waals surface area contributed by atoms with E-state index in [9.17, 15) is 14.4 Å². The number of aromatic nitrogens is 4. The van der Waals surface area contributed by atoms with Gasteiger partial charge in [0.15, 0.2) is 11.2 Å². The van der Waals surface area contributed by atoms with E-state index < -0.39 is 11.7 Å². The largest absolute Gasteiger partial charge is 0.481 e. The van der Waals surface area contributed by atoms with Crippen LogP contribution in [0.2, 0.25) is 0 Å². The van der Waals surface area contributed by atoms with Gasteiger partial charge in [-0.3, -0.25) is 18.7 Å². The van der Waals surface area contributed by atoms with Gasteiger partial charge in [0.1, 0.15) is 0 Å². The third-order valence-corrected chi connectivity index (χ3v) is 3.51. The normalized spacial score (nSPS) is 11.1. The molecule has 0 aliphatic rings. The van der Waals surface area contributed by atoms with Crippen molar-refractivity contribution in [3.05, 3.63) is 27.2 Å². The molecule has 1 N–H and O–H groups in total. The molecule has 0 aliphatic heterocycles. The van der Waals surface area contributed by atoms with Gasteiger partial charge in [0.25, 0.3) is 5.56 Å². The van der Waals surface area contributed by atoms with Crippen LogP contribution in [0.4, 0.5) is 0 Å². The Balaban J connectivity index is 2.21. The molecule has 0 saturated heterocycles. The molecule has 0 unspecified atom stereocenters. The van der Waals surface area contributed by atoms with E-state index in [1.165, 1.54) is 11.6 Å². The lowest BCUT2D eigenvalue weighted by molar-refractivity contribution is -0.137. The molecule has 114 valence electrons. The Morgan fingerprint density at radius 2 is 1.90 bits per heavy atom. The van der Waals surface area contributed by atoms with Crippen LogP contribution in [0.3, 0.4) is 0 Å². The monoisotopic (exact) mass is 294 g/mol. The molecule has 0 spiro atoms. The summed E-state index contributed by atoms with van der Waals surface area (Å²) in [7, 11) is 3.02. The first-order chi connectivity index (χ1) is 9.93. The van der Waals surface area contributed by atoms with E-state index in [0.717, 1.165) is 17.4 Å². The van der Waals surface area contributed by atoms with Crippen molar-refractivity contribution in [1.82, 2.24) is 18.7 Å². The molecule has 2 aromatic heterocycles. The number of hydrogen-bond acceptors (Lipinski definition) is 4. The highest BCUT2D eigenvalue weighted by Crippen LogP contribution is 2.08. The minimum atomic E-state index is -0.799. The van der Waals surface area contributed by atoms with Crippen molar-refractivity contribution >= 4 is 17.1 Å². The second-order valence-corrected chi connectivity index (χ2v) is 5.02. The molecule has 0 saturated carbocycles. The first-order valence-corrected chi connectivity index (χ1v) is 6.76. The van der Waals surface area contributed by atoms with Crippen molar-refractivity contribution in [2.75, 3.05) is 0 Å². The first-order valence-electron chi connectivity index (χ1n) is 6.76. The molecule has 0 radical (unpaired) electrons. The van der Waals surface area contributed by atoms with Gasteiger partial charge in [-0.25, -0.2) is 9.78 Å². The number of imidazole rings is 1. The topological polar surface area (TPSA) is 99.1 Å². The lowest BCUT2D eigenvalue weighted by Gasteiger charge is -2.06. The maximum atomic E-state index is 12.2. The summed E-state index contributed by atoms with van der Waals surface area (Å²) in [6.07, 6.45) is 3.82. The van der Waals surface area contributed by atoms with Gasteiger partial charge in [-0.15, -0.1) is 0 Å². The minimum Gasteiger partial charge on any atom is -0.481 e. The summed E-state index contributed by atoms with van der Waals surface area (Å²) in [6.45, 7) is 0.573. The molecule has 8 nitrogen and oxygen atoms in total. The molecular formula is C13H18N4O4. The number of rotatable bonds is 6. The minimum absolute atomic E-state index is 0.154. The zero-order valence-electron chi connectivity index (χ0n) is 12.1. The molecular weight excluding hydrogens is 276 g/mol. The highest BCUT2D eigenvalue weighted by molar-refractivity contribution is 5.69.